The van der Waals surface area contributed by atoms with Gasteiger partial charge >= 0.3 is 0 Å². The number of allylic oxidation sites excluding steroid dienone is 1. The van der Waals surface area contributed by atoms with Gasteiger partial charge in [-0.3, -0.25) is 0 Å². The zero-order valence-electron chi connectivity index (χ0n) is 7.39. The highest BCUT2D eigenvalue weighted by molar-refractivity contribution is 5.10. The van der Waals surface area contributed by atoms with E-state index in [-0.39, 0.29) is 5.60 Å². The maximum absolute atomic E-state index is 5.60. The summed E-state index contributed by atoms with van der Waals surface area (Å²) < 4.78 is 5.60. The van der Waals surface area contributed by atoms with Gasteiger partial charge in [-0.2, -0.15) is 0 Å². The standard InChI is InChI=1S/C10H16O/c1-7(2)8-4-5-9-10(3,6-8)11-9/h8-9H,1,4-6H2,2-3H3/t8-,9?,10?/m1/s1. The van der Waals surface area contributed by atoms with Crippen molar-refractivity contribution in [2.24, 2.45) is 5.92 Å². The van der Waals surface area contributed by atoms with E-state index in [1.54, 1.807) is 0 Å². The highest BCUT2D eigenvalue weighted by Crippen LogP contribution is 2.50. The van der Waals surface area contributed by atoms with Crippen LogP contribution in [0.1, 0.15) is 33.1 Å². The minimum absolute atomic E-state index is 0.238. The molecule has 0 radical (unpaired) electrons. The second-order valence-electron chi connectivity index (χ2n) is 4.24. The molecule has 0 aromatic rings. The molecule has 1 aliphatic carbocycles. The van der Waals surface area contributed by atoms with Gasteiger partial charge in [0, 0.05) is 0 Å². The fourth-order valence-electron chi connectivity index (χ4n) is 2.20. The Bertz CT molecular complexity index is 197. The largest absolute Gasteiger partial charge is 0.366 e. The SMILES string of the molecule is C=C(C)[C@@H]1CCC2OC2(C)C1. The van der Waals surface area contributed by atoms with Gasteiger partial charge in [-0.1, -0.05) is 12.2 Å². The van der Waals surface area contributed by atoms with Crippen LogP contribution in [0.4, 0.5) is 0 Å². The van der Waals surface area contributed by atoms with Gasteiger partial charge < -0.3 is 4.74 Å². The van der Waals surface area contributed by atoms with Crippen LogP contribution in [0, 0.1) is 5.92 Å². The molecule has 0 amide bonds. The summed E-state index contributed by atoms with van der Waals surface area (Å²) in [7, 11) is 0. The van der Waals surface area contributed by atoms with E-state index < -0.39 is 0 Å². The lowest BCUT2D eigenvalue weighted by molar-refractivity contribution is 0.287. The van der Waals surface area contributed by atoms with Crippen LogP contribution in [0.3, 0.4) is 0 Å². The molecule has 2 fully saturated rings. The lowest BCUT2D eigenvalue weighted by atomic mass is 9.79. The van der Waals surface area contributed by atoms with Gasteiger partial charge in [0.05, 0.1) is 11.7 Å². The number of hydrogen-bond acceptors (Lipinski definition) is 1. The molecule has 1 heterocycles. The molecule has 1 saturated heterocycles. The molecule has 2 rings (SSSR count). The first-order valence-corrected chi connectivity index (χ1v) is 4.45. The van der Waals surface area contributed by atoms with Crippen molar-refractivity contribution in [2.75, 3.05) is 0 Å². The summed E-state index contributed by atoms with van der Waals surface area (Å²) in [6.45, 7) is 8.37. The summed E-state index contributed by atoms with van der Waals surface area (Å²) in [6, 6.07) is 0. The molecule has 62 valence electrons. The first kappa shape index (κ1) is 7.35. The molecule has 0 N–H and O–H groups in total. The van der Waals surface area contributed by atoms with Crippen LogP contribution >= 0.6 is 0 Å². The topological polar surface area (TPSA) is 12.5 Å². The first-order chi connectivity index (χ1) is 5.12. The van der Waals surface area contributed by atoms with Crippen molar-refractivity contribution in [3.05, 3.63) is 12.2 Å². The minimum atomic E-state index is 0.238. The van der Waals surface area contributed by atoms with Crippen molar-refractivity contribution in [2.45, 2.75) is 44.8 Å². The van der Waals surface area contributed by atoms with Crippen LogP contribution in [0.15, 0.2) is 12.2 Å². The third-order valence-corrected chi connectivity index (χ3v) is 3.16. The van der Waals surface area contributed by atoms with Gasteiger partial charge in [0.25, 0.3) is 0 Å². The number of epoxide rings is 1. The Balaban J connectivity index is 2.02. The Hall–Kier alpha value is -0.300. The Kier molecular flexibility index (Phi) is 1.40. The summed E-state index contributed by atoms with van der Waals surface area (Å²) >= 11 is 0. The number of ether oxygens (including phenoxy) is 1. The zero-order chi connectivity index (χ0) is 8.06. The molecule has 1 aliphatic heterocycles. The van der Waals surface area contributed by atoms with E-state index in [0.717, 1.165) is 5.92 Å². The van der Waals surface area contributed by atoms with Crippen LogP contribution in [0.2, 0.25) is 0 Å². The van der Waals surface area contributed by atoms with Crippen LogP contribution in [0.25, 0.3) is 0 Å². The Morgan fingerprint density at radius 1 is 1.55 bits per heavy atom. The second kappa shape index (κ2) is 2.10. The molecular formula is C10H16O. The van der Waals surface area contributed by atoms with Gasteiger partial charge in [0.2, 0.25) is 0 Å². The second-order valence-corrected chi connectivity index (χ2v) is 4.24. The van der Waals surface area contributed by atoms with E-state index in [4.69, 9.17) is 4.74 Å². The van der Waals surface area contributed by atoms with Gasteiger partial charge in [-0.25, -0.2) is 0 Å². The molecule has 2 aliphatic rings. The first-order valence-electron chi connectivity index (χ1n) is 4.45. The van der Waals surface area contributed by atoms with E-state index in [1.807, 2.05) is 0 Å². The molecular weight excluding hydrogens is 136 g/mol. The number of rotatable bonds is 1. The molecule has 0 bridgehead atoms. The summed E-state index contributed by atoms with van der Waals surface area (Å²) in [6.07, 6.45) is 4.31. The van der Waals surface area contributed by atoms with Crippen molar-refractivity contribution in [1.82, 2.24) is 0 Å². The minimum Gasteiger partial charge on any atom is -0.366 e. The Morgan fingerprint density at radius 3 is 2.82 bits per heavy atom. The predicted molar refractivity (Wildman–Crippen MR) is 45.4 cm³/mol. The van der Waals surface area contributed by atoms with Gasteiger partial charge in [-0.15, -0.1) is 0 Å². The van der Waals surface area contributed by atoms with Gasteiger partial charge in [0.15, 0.2) is 0 Å². The molecule has 3 atom stereocenters. The van der Waals surface area contributed by atoms with Crippen LogP contribution in [-0.2, 0) is 4.74 Å². The summed E-state index contributed by atoms with van der Waals surface area (Å²) in [5.41, 5.74) is 1.57. The lowest BCUT2D eigenvalue weighted by Crippen LogP contribution is -2.22. The Labute approximate surface area is 68.4 Å². The smallest absolute Gasteiger partial charge is 0.0926 e. The summed E-state index contributed by atoms with van der Waals surface area (Å²) in [5.74, 6) is 0.721. The van der Waals surface area contributed by atoms with E-state index in [2.05, 4.69) is 20.4 Å². The van der Waals surface area contributed by atoms with E-state index >= 15 is 0 Å². The summed E-state index contributed by atoms with van der Waals surface area (Å²) in [5, 5.41) is 0. The lowest BCUT2D eigenvalue weighted by Gasteiger charge is -2.23. The highest BCUT2D eigenvalue weighted by atomic mass is 16.6. The van der Waals surface area contributed by atoms with E-state index in [0.29, 0.717) is 6.10 Å². The van der Waals surface area contributed by atoms with Crippen molar-refractivity contribution in [3.8, 4) is 0 Å². The molecule has 1 heteroatoms. The number of fused-ring (bicyclic) bond motifs is 1. The molecule has 1 nitrogen and oxygen atoms in total. The van der Waals surface area contributed by atoms with Crippen LogP contribution < -0.4 is 0 Å². The maximum atomic E-state index is 5.60. The fraction of sp³-hybridized carbons (Fsp3) is 0.800. The molecule has 0 spiro atoms. The molecule has 11 heavy (non-hydrogen) atoms. The molecule has 0 aromatic heterocycles. The summed E-state index contributed by atoms with van der Waals surface area (Å²) in [4.78, 5) is 0. The molecule has 1 saturated carbocycles. The molecule has 0 aromatic carbocycles. The fourth-order valence-corrected chi connectivity index (χ4v) is 2.20. The van der Waals surface area contributed by atoms with Crippen LogP contribution in [-0.4, -0.2) is 11.7 Å². The normalized spacial score (nSPS) is 48.2. The van der Waals surface area contributed by atoms with Crippen molar-refractivity contribution >= 4 is 0 Å². The third-order valence-electron chi connectivity index (χ3n) is 3.16. The monoisotopic (exact) mass is 152 g/mol. The van der Waals surface area contributed by atoms with Gasteiger partial charge in [0.1, 0.15) is 0 Å². The average Bonchev–Trinajstić information content (AvgIpc) is 2.58. The maximum Gasteiger partial charge on any atom is 0.0926 e. The molecule has 2 unspecified atom stereocenters. The van der Waals surface area contributed by atoms with Crippen LogP contribution in [0.5, 0.6) is 0 Å². The van der Waals surface area contributed by atoms with Crippen molar-refractivity contribution in [1.29, 1.82) is 0 Å². The average molecular weight is 152 g/mol. The quantitative estimate of drug-likeness (QED) is 0.415. The van der Waals surface area contributed by atoms with Crippen molar-refractivity contribution in [3.63, 3.8) is 0 Å². The van der Waals surface area contributed by atoms with E-state index in [1.165, 1.54) is 24.8 Å². The van der Waals surface area contributed by atoms with Gasteiger partial charge in [-0.05, 0) is 39.0 Å². The Morgan fingerprint density at radius 2 is 2.27 bits per heavy atom. The predicted octanol–water partition coefficient (Wildman–Crippen LogP) is 2.52. The van der Waals surface area contributed by atoms with E-state index in [9.17, 15) is 0 Å². The third kappa shape index (κ3) is 1.12. The highest BCUT2D eigenvalue weighted by Gasteiger charge is 2.55. The zero-order valence-corrected chi connectivity index (χ0v) is 7.39. The number of hydrogen-bond donors (Lipinski definition) is 0. The van der Waals surface area contributed by atoms with Crippen molar-refractivity contribution < 1.29 is 4.74 Å².